The fourth-order valence-electron chi connectivity index (χ4n) is 2.47. The molecular formula is C16H16FNO5S. The van der Waals surface area contributed by atoms with Gasteiger partial charge in [0.15, 0.2) is 0 Å². The molecule has 24 heavy (non-hydrogen) atoms. The van der Waals surface area contributed by atoms with Crippen molar-refractivity contribution < 1.29 is 22.0 Å². The molecule has 0 atom stereocenters. The van der Waals surface area contributed by atoms with Crippen molar-refractivity contribution in [3.05, 3.63) is 64.0 Å². The van der Waals surface area contributed by atoms with Crippen LogP contribution in [0.1, 0.15) is 11.3 Å². The molecule has 1 saturated heterocycles. The zero-order valence-electron chi connectivity index (χ0n) is 12.9. The van der Waals surface area contributed by atoms with Crippen LogP contribution >= 0.6 is 0 Å². The molecule has 1 aliphatic rings. The Labute approximate surface area is 138 Å². The summed E-state index contributed by atoms with van der Waals surface area (Å²) in [6, 6.07) is 8.31. The minimum atomic E-state index is -3.53. The minimum absolute atomic E-state index is 0.191. The first kappa shape index (κ1) is 16.7. The first-order valence-corrected chi connectivity index (χ1v) is 8.93. The predicted molar refractivity (Wildman–Crippen MR) is 84.7 cm³/mol. The normalized spacial score (nSPS) is 15.9. The number of halogens is 1. The molecule has 6 nitrogen and oxygen atoms in total. The fourth-order valence-corrected chi connectivity index (χ4v) is 4.04. The van der Waals surface area contributed by atoms with Crippen molar-refractivity contribution in [3.63, 3.8) is 0 Å². The third-order valence-corrected chi connectivity index (χ3v) is 5.40. The molecule has 8 heteroatoms. The first-order chi connectivity index (χ1) is 11.3. The van der Waals surface area contributed by atoms with Crippen LogP contribution < -0.4 is 10.4 Å². The molecule has 2 aromatic rings. The van der Waals surface area contributed by atoms with Crippen LogP contribution in [0.25, 0.3) is 0 Å². The van der Waals surface area contributed by atoms with Crippen molar-refractivity contribution >= 4 is 10.0 Å². The summed E-state index contributed by atoms with van der Waals surface area (Å²) < 4.78 is 49.4. The van der Waals surface area contributed by atoms with Crippen molar-refractivity contribution in [1.29, 1.82) is 0 Å². The number of sulfonamides is 1. The molecule has 2 heterocycles. The van der Waals surface area contributed by atoms with Crippen LogP contribution in [-0.4, -0.2) is 31.9 Å². The number of nitrogens with zero attached hydrogens (tertiary/aromatic N) is 1. The van der Waals surface area contributed by atoms with E-state index in [2.05, 4.69) is 0 Å². The van der Waals surface area contributed by atoms with Crippen LogP contribution in [0.3, 0.4) is 0 Å². The van der Waals surface area contributed by atoms with Crippen LogP contribution in [0, 0.1) is 12.7 Å². The number of ether oxygens (including phenoxy) is 1. The second-order valence-corrected chi connectivity index (χ2v) is 7.63. The molecule has 1 aliphatic heterocycles. The molecule has 3 rings (SSSR count). The molecule has 0 N–H and O–H groups in total. The van der Waals surface area contributed by atoms with Gasteiger partial charge in [-0.3, -0.25) is 0 Å². The minimum Gasteiger partial charge on any atom is -0.487 e. The van der Waals surface area contributed by atoms with Gasteiger partial charge in [-0.1, -0.05) is 12.1 Å². The molecule has 0 aliphatic carbocycles. The van der Waals surface area contributed by atoms with Gasteiger partial charge < -0.3 is 9.15 Å². The monoisotopic (exact) mass is 353 g/mol. The maximum Gasteiger partial charge on any atom is 0.339 e. The number of rotatable bonds is 5. The molecule has 0 amide bonds. The van der Waals surface area contributed by atoms with E-state index in [-0.39, 0.29) is 24.9 Å². The Morgan fingerprint density at radius 1 is 1.29 bits per heavy atom. The lowest BCUT2D eigenvalue weighted by Gasteiger charge is -2.37. The highest BCUT2D eigenvalue weighted by Crippen LogP contribution is 2.22. The molecule has 128 valence electrons. The second-order valence-electron chi connectivity index (χ2n) is 5.67. The Balaban J connectivity index is 1.60. The largest absolute Gasteiger partial charge is 0.487 e. The maximum absolute atomic E-state index is 13.1. The van der Waals surface area contributed by atoms with Gasteiger partial charge in [0.25, 0.3) is 0 Å². The Morgan fingerprint density at radius 2 is 2.04 bits per heavy atom. The van der Waals surface area contributed by atoms with E-state index in [0.29, 0.717) is 17.1 Å². The van der Waals surface area contributed by atoms with E-state index in [1.54, 1.807) is 19.1 Å². The number of hydrogen-bond donors (Lipinski definition) is 0. The maximum atomic E-state index is 13.1. The molecule has 0 saturated carbocycles. The van der Waals surface area contributed by atoms with E-state index in [4.69, 9.17) is 9.15 Å². The van der Waals surface area contributed by atoms with Gasteiger partial charge in [-0.15, -0.1) is 0 Å². The molecule has 0 unspecified atom stereocenters. The highest BCUT2D eigenvalue weighted by molar-refractivity contribution is 7.88. The molecular weight excluding hydrogens is 337 g/mol. The third-order valence-electron chi connectivity index (χ3n) is 3.62. The highest BCUT2D eigenvalue weighted by Gasteiger charge is 2.37. The van der Waals surface area contributed by atoms with Crippen molar-refractivity contribution in [2.45, 2.75) is 18.8 Å². The van der Waals surface area contributed by atoms with Gasteiger partial charge in [0.05, 0.1) is 24.9 Å². The predicted octanol–water partition coefficient (Wildman–Crippen LogP) is 1.68. The molecule has 0 bridgehead atoms. The number of aryl methyl sites for hydroxylation is 1. The number of hydrogen-bond acceptors (Lipinski definition) is 5. The van der Waals surface area contributed by atoms with Crippen molar-refractivity contribution in [1.82, 2.24) is 4.31 Å². The highest BCUT2D eigenvalue weighted by atomic mass is 32.2. The number of benzene rings is 1. The standard InChI is InChI=1S/C16H16FNO5S/c1-11-5-14(7-16(19)22-11)23-15-8-18(9-15)24(20,21)10-12-3-2-4-13(17)6-12/h2-7,15H,8-10H2,1H3. The summed E-state index contributed by atoms with van der Waals surface area (Å²) in [5.41, 5.74) is -0.115. The summed E-state index contributed by atoms with van der Waals surface area (Å²) in [6.07, 6.45) is -0.325. The van der Waals surface area contributed by atoms with Crippen LogP contribution in [0.5, 0.6) is 5.75 Å². The lowest BCUT2D eigenvalue weighted by molar-refractivity contribution is 0.0753. The lowest BCUT2D eigenvalue weighted by atomic mass is 10.2. The SMILES string of the molecule is Cc1cc(OC2CN(S(=O)(=O)Cc3cccc(F)c3)C2)cc(=O)o1. The zero-order chi connectivity index (χ0) is 17.3. The van der Waals surface area contributed by atoms with E-state index in [1.807, 2.05) is 0 Å². The van der Waals surface area contributed by atoms with E-state index in [1.165, 1.54) is 28.6 Å². The fraction of sp³-hybridized carbons (Fsp3) is 0.312. The Bertz CT molecular complexity index is 903. The van der Waals surface area contributed by atoms with Gasteiger partial charge in [0.2, 0.25) is 10.0 Å². The molecule has 1 aromatic carbocycles. The van der Waals surface area contributed by atoms with E-state index in [0.717, 1.165) is 0 Å². The summed E-state index contributed by atoms with van der Waals surface area (Å²) >= 11 is 0. The quantitative estimate of drug-likeness (QED) is 0.817. The summed E-state index contributed by atoms with van der Waals surface area (Å²) in [5, 5.41) is 0. The van der Waals surface area contributed by atoms with Gasteiger partial charge in [0, 0.05) is 6.07 Å². The van der Waals surface area contributed by atoms with E-state index >= 15 is 0 Å². The summed E-state index contributed by atoms with van der Waals surface area (Å²) in [4.78, 5) is 11.3. The zero-order valence-corrected chi connectivity index (χ0v) is 13.8. The smallest absolute Gasteiger partial charge is 0.339 e. The Morgan fingerprint density at radius 3 is 2.71 bits per heavy atom. The second kappa shape index (κ2) is 6.37. The van der Waals surface area contributed by atoms with Crippen LogP contribution in [0.4, 0.5) is 4.39 Å². The summed E-state index contributed by atoms with van der Waals surface area (Å²) in [6.45, 7) is 2.01. The van der Waals surface area contributed by atoms with E-state index in [9.17, 15) is 17.6 Å². The molecule has 1 aromatic heterocycles. The Kier molecular flexibility index (Phi) is 4.42. The van der Waals surface area contributed by atoms with Crippen LogP contribution in [-0.2, 0) is 15.8 Å². The van der Waals surface area contributed by atoms with Gasteiger partial charge in [-0.2, -0.15) is 4.31 Å². The van der Waals surface area contributed by atoms with Gasteiger partial charge >= 0.3 is 5.63 Å². The average Bonchev–Trinajstić information content (AvgIpc) is 2.40. The van der Waals surface area contributed by atoms with E-state index < -0.39 is 21.5 Å². The van der Waals surface area contributed by atoms with Gasteiger partial charge in [0.1, 0.15) is 23.4 Å². The topological polar surface area (TPSA) is 76.8 Å². The summed E-state index contributed by atoms with van der Waals surface area (Å²) in [7, 11) is -3.53. The van der Waals surface area contributed by atoms with Crippen molar-refractivity contribution in [2.75, 3.05) is 13.1 Å². The molecule has 0 spiro atoms. The first-order valence-electron chi connectivity index (χ1n) is 7.32. The van der Waals surface area contributed by atoms with Crippen LogP contribution in [0.2, 0.25) is 0 Å². The van der Waals surface area contributed by atoms with Gasteiger partial charge in [-0.25, -0.2) is 17.6 Å². The summed E-state index contributed by atoms with van der Waals surface area (Å²) in [5.74, 6) is 0.0556. The molecule has 1 fully saturated rings. The third kappa shape index (κ3) is 3.82. The lowest BCUT2D eigenvalue weighted by Crippen LogP contribution is -2.56. The van der Waals surface area contributed by atoms with Crippen molar-refractivity contribution in [2.24, 2.45) is 0 Å². The Hall–Kier alpha value is -2.19. The van der Waals surface area contributed by atoms with Crippen LogP contribution in [0.15, 0.2) is 45.6 Å². The average molecular weight is 353 g/mol. The molecule has 0 radical (unpaired) electrons. The van der Waals surface area contributed by atoms with Crippen molar-refractivity contribution in [3.8, 4) is 5.75 Å². The van der Waals surface area contributed by atoms with Gasteiger partial charge in [-0.05, 0) is 24.6 Å².